The number of aromatic nitrogens is 1. The number of hydrogen-bond acceptors (Lipinski definition) is 3. The highest BCUT2D eigenvalue weighted by atomic mass is 32.2. The zero-order chi connectivity index (χ0) is 17.1. The zero-order valence-electron chi connectivity index (χ0n) is 14.0. The number of carbonyl (C=O) groups is 1. The highest BCUT2D eigenvalue weighted by Gasteiger charge is 2.25. The average molecular weight is 342 g/mol. The predicted octanol–water partition coefficient (Wildman–Crippen LogP) is 3.32. The van der Waals surface area contributed by atoms with Gasteiger partial charge in [-0.15, -0.1) is 11.8 Å². The molecule has 3 rings (SSSR count). The number of carbonyl (C=O) groups excluding carboxylic acids is 1. The van der Waals surface area contributed by atoms with E-state index in [4.69, 9.17) is 0 Å². The first kappa shape index (κ1) is 16.8. The Bertz CT molecular complexity index is 792. The molecule has 24 heavy (non-hydrogen) atoms. The SMILES string of the molecule is Cc1ccc(SCCNC(=O)c2cn(C3CC3)c(C)cc2=O)cc1. The molecule has 2 aromatic rings. The Labute approximate surface area is 146 Å². The summed E-state index contributed by atoms with van der Waals surface area (Å²) in [7, 11) is 0. The van der Waals surface area contributed by atoms with Gasteiger partial charge in [0.2, 0.25) is 0 Å². The summed E-state index contributed by atoms with van der Waals surface area (Å²) in [5.41, 5.74) is 2.20. The van der Waals surface area contributed by atoms with Gasteiger partial charge < -0.3 is 9.88 Å². The molecule has 1 aliphatic carbocycles. The number of thioether (sulfide) groups is 1. The third kappa shape index (κ3) is 4.09. The number of amides is 1. The van der Waals surface area contributed by atoms with Crippen molar-refractivity contribution in [3.8, 4) is 0 Å². The summed E-state index contributed by atoms with van der Waals surface area (Å²) in [6.07, 6.45) is 3.97. The number of nitrogens with zero attached hydrogens (tertiary/aromatic N) is 1. The Morgan fingerprint density at radius 3 is 2.62 bits per heavy atom. The van der Waals surface area contributed by atoms with Crippen LogP contribution in [-0.2, 0) is 0 Å². The maximum atomic E-state index is 12.3. The fraction of sp³-hybridized carbons (Fsp3) is 0.368. The fourth-order valence-corrected chi connectivity index (χ4v) is 3.39. The highest BCUT2D eigenvalue weighted by molar-refractivity contribution is 7.99. The van der Waals surface area contributed by atoms with Crippen molar-refractivity contribution in [2.45, 2.75) is 37.6 Å². The van der Waals surface area contributed by atoms with Crippen molar-refractivity contribution in [1.82, 2.24) is 9.88 Å². The highest BCUT2D eigenvalue weighted by Crippen LogP contribution is 2.35. The molecule has 1 N–H and O–H groups in total. The summed E-state index contributed by atoms with van der Waals surface area (Å²) in [5, 5.41) is 2.85. The van der Waals surface area contributed by atoms with E-state index in [-0.39, 0.29) is 16.9 Å². The maximum Gasteiger partial charge on any atom is 0.256 e. The molecule has 5 heteroatoms. The van der Waals surface area contributed by atoms with Gasteiger partial charge >= 0.3 is 0 Å². The van der Waals surface area contributed by atoms with E-state index in [9.17, 15) is 9.59 Å². The number of benzene rings is 1. The largest absolute Gasteiger partial charge is 0.351 e. The van der Waals surface area contributed by atoms with Crippen LogP contribution in [-0.4, -0.2) is 22.8 Å². The number of aryl methyl sites for hydroxylation is 2. The van der Waals surface area contributed by atoms with Crippen LogP contribution in [0.5, 0.6) is 0 Å². The zero-order valence-corrected chi connectivity index (χ0v) is 14.9. The number of hydrogen-bond donors (Lipinski definition) is 1. The minimum absolute atomic E-state index is 0.201. The van der Waals surface area contributed by atoms with E-state index < -0.39 is 0 Å². The molecule has 1 amide bonds. The molecule has 126 valence electrons. The Hall–Kier alpha value is -2.01. The summed E-state index contributed by atoms with van der Waals surface area (Å²) in [5.74, 6) is 0.496. The molecular weight excluding hydrogens is 320 g/mol. The van der Waals surface area contributed by atoms with Crippen molar-refractivity contribution in [3.05, 3.63) is 63.6 Å². The van der Waals surface area contributed by atoms with Gasteiger partial charge in [0.1, 0.15) is 5.56 Å². The molecule has 1 fully saturated rings. The molecule has 1 aromatic heterocycles. The Morgan fingerprint density at radius 1 is 1.25 bits per heavy atom. The molecule has 0 spiro atoms. The van der Waals surface area contributed by atoms with E-state index in [1.165, 1.54) is 10.5 Å². The Balaban J connectivity index is 1.56. The molecule has 0 unspecified atom stereocenters. The van der Waals surface area contributed by atoms with E-state index in [2.05, 4.69) is 41.1 Å². The first-order valence-electron chi connectivity index (χ1n) is 8.25. The van der Waals surface area contributed by atoms with Gasteiger partial charge in [0.05, 0.1) is 0 Å². The Morgan fingerprint density at radius 2 is 1.96 bits per heavy atom. The van der Waals surface area contributed by atoms with Gasteiger partial charge in [-0.25, -0.2) is 0 Å². The third-order valence-corrected chi connectivity index (χ3v) is 5.16. The van der Waals surface area contributed by atoms with Gasteiger partial charge in [-0.2, -0.15) is 0 Å². The molecule has 0 saturated heterocycles. The number of rotatable bonds is 6. The van der Waals surface area contributed by atoms with E-state index in [1.54, 1.807) is 24.0 Å². The van der Waals surface area contributed by atoms with E-state index >= 15 is 0 Å². The first-order chi connectivity index (χ1) is 11.5. The number of nitrogens with one attached hydrogen (secondary N) is 1. The standard InChI is InChI=1S/C19H22N2O2S/c1-13-3-7-16(8-4-13)24-10-9-20-19(23)17-12-21(15-5-6-15)14(2)11-18(17)22/h3-4,7-8,11-12,15H,5-6,9-10H2,1-2H3,(H,20,23). The van der Waals surface area contributed by atoms with Crippen LogP contribution in [0.2, 0.25) is 0 Å². The quantitative estimate of drug-likeness (QED) is 0.647. The van der Waals surface area contributed by atoms with Gasteiger partial charge in [-0.1, -0.05) is 17.7 Å². The van der Waals surface area contributed by atoms with Crippen LogP contribution >= 0.6 is 11.8 Å². The molecule has 1 aromatic carbocycles. The summed E-state index contributed by atoms with van der Waals surface area (Å²) in [4.78, 5) is 25.6. The van der Waals surface area contributed by atoms with Crippen LogP contribution in [0.25, 0.3) is 0 Å². The minimum atomic E-state index is -0.279. The number of pyridine rings is 1. The van der Waals surface area contributed by atoms with Crippen LogP contribution in [0.15, 0.2) is 46.2 Å². The molecule has 1 saturated carbocycles. The molecular formula is C19H22N2O2S. The van der Waals surface area contributed by atoms with Gasteiger partial charge in [-0.3, -0.25) is 9.59 Å². The third-order valence-electron chi connectivity index (χ3n) is 4.14. The average Bonchev–Trinajstić information content (AvgIpc) is 3.38. The van der Waals surface area contributed by atoms with Crippen LogP contribution < -0.4 is 10.7 Å². The van der Waals surface area contributed by atoms with Crippen molar-refractivity contribution < 1.29 is 4.79 Å². The maximum absolute atomic E-state index is 12.3. The second kappa shape index (κ2) is 7.26. The van der Waals surface area contributed by atoms with Crippen molar-refractivity contribution in [1.29, 1.82) is 0 Å². The molecule has 1 heterocycles. The van der Waals surface area contributed by atoms with Crippen LogP contribution in [0.3, 0.4) is 0 Å². The van der Waals surface area contributed by atoms with Gasteiger partial charge in [0, 0.05) is 41.2 Å². The second-order valence-corrected chi connectivity index (χ2v) is 7.42. The van der Waals surface area contributed by atoms with Crippen molar-refractivity contribution >= 4 is 17.7 Å². The van der Waals surface area contributed by atoms with Gasteiger partial charge in [-0.05, 0) is 38.8 Å². The van der Waals surface area contributed by atoms with Crippen LogP contribution in [0, 0.1) is 13.8 Å². The summed E-state index contributed by atoms with van der Waals surface area (Å²) in [6, 6.07) is 10.3. The topological polar surface area (TPSA) is 51.1 Å². The lowest BCUT2D eigenvalue weighted by atomic mass is 10.2. The smallest absolute Gasteiger partial charge is 0.256 e. The van der Waals surface area contributed by atoms with Crippen molar-refractivity contribution in [3.63, 3.8) is 0 Å². The molecule has 0 atom stereocenters. The van der Waals surface area contributed by atoms with E-state index in [0.29, 0.717) is 12.6 Å². The first-order valence-corrected chi connectivity index (χ1v) is 9.23. The summed E-state index contributed by atoms with van der Waals surface area (Å²) >= 11 is 1.69. The molecule has 0 aliphatic heterocycles. The van der Waals surface area contributed by atoms with Crippen molar-refractivity contribution in [2.24, 2.45) is 0 Å². The lowest BCUT2D eigenvalue weighted by Gasteiger charge is -2.11. The predicted molar refractivity (Wildman–Crippen MR) is 97.9 cm³/mol. The Kier molecular flexibility index (Phi) is 5.09. The van der Waals surface area contributed by atoms with Gasteiger partial charge in [0.25, 0.3) is 5.91 Å². The lowest BCUT2D eigenvalue weighted by molar-refractivity contribution is 0.0954. The van der Waals surface area contributed by atoms with E-state index in [0.717, 1.165) is 24.3 Å². The fourth-order valence-electron chi connectivity index (χ4n) is 2.63. The minimum Gasteiger partial charge on any atom is -0.351 e. The van der Waals surface area contributed by atoms with Crippen LogP contribution in [0.1, 0.15) is 40.5 Å². The lowest BCUT2D eigenvalue weighted by Crippen LogP contribution is -2.31. The summed E-state index contributed by atoms with van der Waals surface area (Å²) in [6.45, 7) is 4.51. The molecule has 0 bridgehead atoms. The summed E-state index contributed by atoms with van der Waals surface area (Å²) < 4.78 is 2.05. The molecule has 1 aliphatic rings. The molecule has 0 radical (unpaired) electrons. The molecule has 4 nitrogen and oxygen atoms in total. The monoisotopic (exact) mass is 342 g/mol. The van der Waals surface area contributed by atoms with E-state index in [1.807, 2.05) is 6.92 Å². The van der Waals surface area contributed by atoms with Crippen LogP contribution in [0.4, 0.5) is 0 Å². The second-order valence-electron chi connectivity index (χ2n) is 6.25. The van der Waals surface area contributed by atoms with Crippen molar-refractivity contribution in [2.75, 3.05) is 12.3 Å². The van der Waals surface area contributed by atoms with Gasteiger partial charge in [0.15, 0.2) is 5.43 Å². The normalized spacial score (nSPS) is 13.8.